The lowest BCUT2D eigenvalue weighted by Crippen LogP contribution is -2.18. The summed E-state index contributed by atoms with van der Waals surface area (Å²) < 4.78 is 7.05. The Labute approximate surface area is 226 Å². The van der Waals surface area contributed by atoms with Crippen LogP contribution in [0.5, 0.6) is 0 Å². The lowest BCUT2D eigenvalue weighted by atomic mass is 10.1. The van der Waals surface area contributed by atoms with Gasteiger partial charge in [-0.25, -0.2) is 4.79 Å². The van der Waals surface area contributed by atoms with Crippen LogP contribution < -0.4 is 11.1 Å². The highest BCUT2D eigenvalue weighted by Crippen LogP contribution is 2.35. The number of anilines is 1. The Hall–Kier alpha value is -2.86. The molecule has 9 nitrogen and oxygen atoms in total. The van der Waals surface area contributed by atoms with Gasteiger partial charge in [-0.1, -0.05) is 41.0 Å². The average molecular weight is 569 g/mol. The second kappa shape index (κ2) is 11.9. The van der Waals surface area contributed by atoms with E-state index in [1.54, 1.807) is 49.6 Å². The number of nitrogens with two attached hydrogens (primary N) is 1. The number of nitrogens with zero attached hydrogens (tertiary/aromatic N) is 3. The van der Waals surface area contributed by atoms with Gasteiger partial charge < -0.3 is 15.8 Å². The van der Waals surface area contributed by atoms with Crippen molar-refractivity contribution in [1.82, 2.24) is 14.8 Å². The van der Waals surface area contributed by atoms with Crippen LogP contribution in [0, 0.1) is 6.92 Å². The van der Waals surface area contributed by atoms with Crippen LogP contribution in [0.25, 0.3) is 11.4 Å². The molecule has 0 saturated heterocycles. The Morgan fingerprint density at radius 2 is 2.03 bits per heavy atom. The predicted molar refractivity (Wildman–Crippen MR) is 143 cm³/mol. The van der Waals surface area contributed by atoms with Crippen LogP contribution in [0.2, 0.25) is 10.0 Å². The van der Waals surface area contributed by atoms with Gasteiger partial charge in [0.2, 0.25) is 5.91 Å². The van der Waals surface area contributed by atoms with Gasteiger partial charge in [0.15, 0.2) is 11.0 Å². The van der Waals surface area contributed by atoms with Gasteiger partial charge in [-0.3, -0.25) is 14.2 Å². The monoisotopic (exact) mass is 567 g/mol. The Bertz CT molecular complexity index is 1340. The largest absolute Gasteiger partial charge is 0.459 e. The second-order valence-electron chi connectivity index (χ2n) is 7.75. The lowest BCUT2D eigenvalue weighted by Gasteiger charge is -2.11. The predicted octanol–water partition coefficient (Wildman–Crippen LogP) is 5.20. The van der Waals surface area contributed by atoms with Crippen molar-refractivity contribution in [2.24, 2.45) is 5.73 Å². The van der Waals surface area contributed by atoms with Crippen LogP contribution >= 0.6 is 46.3 Å². The molecule has 2 amide bonds. The molecule has 2 heterocycles. The number of aromatic nitrogens is 3. The van der Waals surface area contributed by atoms with Gasteiger partial charge in [0.25, 0.3) is 5.91 Å². The van der Waals surface area contributed by atoms with Crippen molar-refractivity contribution in [1.29, 1.82) is 0 Å². The van der Waals surface area contributed by atoms with Crippen molar-refractivity contribution < 1.29 is 19.1 Å². The summed E-state index contributed by atoms with van der Waals surface area (Å²) >= 11 is 14.4. The number of amides is 2. The number of thiophene rings is 1. The van der Waals surface area contributed by atoms with Gasteiger partial charge in [-0.2, -0.15) is 0 Å². The molecule has 0 spiro atoms. The number of thioether (sulfide) groups is 1. The number of benzene rings is 1. The molecule has 0 aliphatic rings. The molecule has 0 bridgehead atoms. The summed E-state index contributed by atoms with van der Waals surface area (Å²) in [5.41, 5.74) is 6.53. The molecule has 0 aliphatic carbocycles. The minimum Gasteiger partial charge on any atom is -0.459 e. The molecule has 0 unspecified atom stereocenters. The van der Waals surface area contributed by atoms with Crippen LogP contribution in [-0.2, 0) is 16.1 Å². The number of esters is 1. The number of ether oxygens (including phenoxy) is 1. The second-order valence-corrected chi connectivity index (χ2v) is 10.6. The fourth-order valence-electron chi connectivity index (χ4n) is 3.21. The number of hydrogen-bond donors (Lipinski definition) is 2. The Morgan fingerprint density at radius 3 is 2.64 bits per heavy atom. The lowest BCUT2D eigenvalue weighted by molar-refractivity contribution is -0.113. The van der Waals surface area contributed by atoms with Gasteiger partial charge in [0.1, 0.15) is 5.00 Å². The normalized spacial score (nSPS) is 10.9. The molecular weight excluding hydrogens is 545 g/mol. The van der Waals surface area contributed by atoms with E-state index in [9.17, 15) is 14.4 Å². The number of carbonyl (C=O) groups is 3. The third-order valence-electron chi connectivity index (χ3n) is 4.70. The summed E-state index contributed by atoms with van der Waals surface area (Å²) in [4.78, 5) is 37.4. The number of hydrogen-bond acceptors (Lipinski definition) is 8. The summed E-state index contributed by atoms with van der Waals surface area (Å²) in [6.07, 6.45) is 1.29. The zero-order valence-corrected chi connectivity index (χ0v) is 22.8. The maximum absolute atomic E-state index is 12.8. The van der Waals surface area contributed by atoms with Crippen LogP contribution in [0.3, 0.4) is 0 Å². The Kier molecular flexibility index (Phi) is 9.18. The molecule has 0 atom stereocenters. The van der Waals surface area contributed by atoms with Gasteiger partial charge in [-0.05, 0) is 44.5 Å². The molecule has 2 aromatic heterocycles. The third-order valence-corrected chi connectivity index (χ3v) is 7.44. The highest BCUT2D eigenvalue weighted by Gasteiger charge is 2.26. The number of carbonyl (C=O) groups excluding carboxylic acids is 3. The molecule has 36 heavy (non-hydrogen) atoms. The number of primary amides is 1. The number of nitrogens with one attached hydrogen (secondary N) is 1. The van der Waals surface area contributed by atoms with Gasteiger partial charge in [-0.15, -0.1) is 28.1 Å². The molecule has 0 saturated carbocycles. The molecule has 0 radical (unpaired) electrons. The topological polar surface area (TPSA) is 129 Å². The van der Waals surface area contributed by atoms with E-state index < -0.39 is 17.8 Å². The summed E-state index contributed by atoms with van der Waals surface area (Å²) in [7, 11) is 0. The van der Waals surface area contributed by atoms with E-state index in [0.29, 0.717) is 38.7 Å². The van der Waals surface area contributed by atoms with Crippen molar-refractivity contribution in [3.8, 4) is 11.4 Å². The van der Waals surface area contributed by atoms with Crippen LogP contribution in [0.1, 0.15) is 39.4 Å². The fourth-order valence-corrected chi connectivity index (χ4v) is 5.51. The van der Waals surface area contributed by atoms with Crippen LogP contribution in [-0.4, -0.2) is 44.4 Å². The summed E-state index contributed by atoms with van der Waals surface area (Å²) in [6, 6.07) is 5.04. The highest BCUT2D eigenvalue weighted by molar-refractivity contribution is 7.99. The smallest absolute Gasteiger partial charge is 0.341 e. The SMILES string of the molecule is C=CCn1c(SCC(=O)Nc2sc(C(N)=O)c(C)c2C(=O)OC(C)C)nnc1-c1ccc(Cl)cc1Cl. The first-order chi connectivity index (χ1) is 17.0. The van der Waals surface area contributed by atoms with Crippen molar-refractivity contribution in [2.45, 2.75) is 38.6 Å². The first kappa shape index (κ1) is 27.7. The van der Waals surface area contributed by atoms with E-state index in [-0.39, 0.29) is 27.3 Å². The molecule has 3 aromatic rings. The molecule has 13 heteroatoms. The Morgan fingerprint density at radius 1 is 1.31 bits per heavy atom. The maximum atomic E-state index is 12.8. The first-order valence-electron chi connectivity index (χ1n) is 10.6. The fraction of sp³-hybridized carbons (Fsp3) is 0.261. The minimum atomic E-state index is -0.697. The number of halogens is 2. The van der Waals surface area contributed by atoms with Crippen molar-refractivity contribution in [2.75, 3.05) is 11.1 Å². The quantitative estimate of drug-likeness (QED) is 0.195. The number of allylic oxidation sites excluding steroid dienone is 1. The molecule has 3 N–H and O–H groups in total. The van der Waals surface area contributed by atoms with Gasteiger partial charge in [0.05, 0.1) is 27.3 Å². The van der Waals surface area contributed by atoms with Crippen molar-refractivity contribution >= 4 is 69.1 Å². The zero-order valence-electron chi connectivity index (χ0n) is 19.6. The molecule has 3 rings (SSSR count). The summed E-state index contributed by atoms with van der Waals surface area (Å²) in [5.74, 6) is -1.32. The standard InChI is InChI=1S/C23H23Cl2N5O4S2/c1-5-8-30-20(14-7-6-13(24)9-15(14)25)28-29-23(30)35-10-16(31)27-21-17(22(33)34-11(2)3)12(4)18(36-21)19(26)32/h5-7,9,11H,1,8,10H2,2-4H3,(H2,26,32)(H,27,31). The van der Waals surface area contributed by atoms with Crippen molar-refractivity contribution in [3.05, 3.63) is 56.9 Å². The average Bonchev–Trinajstić information content (AvgIpc) is 3.32. The van der Waals surface area contributed by atoms with Gasteiger partial charge >= 0.3 is 5.97 Å². The Balaban J connectivity index is 1.82. The minimum absolute atomic E-state index is 0.0504. The van der Waals surface area contributed by atoms with Crippen molar-refractivity contribution in [3.63, 3.8) is 0 Å². The molecule has 0 aliphatic heterocycles. The molecule has 1 aromatic carbocycles. The van der Waals surface area contributed by atoms with Crippen LogP contribution in [0.15, 0.2) is 36.0 Å². The molecule has 0 fully saturated rings. The molecular formula is C23H23Cl2N5O4S2. The third kappa shape index (κ3) is 6.28. The molecule has 190 valence electrons. The van der Waals surface area contributed by atoms with E-state index in [4.69, 9.17) is 33.7 Å². The number of rotatable bonds is 10. The summed E-state index contributed by atoms with van der Waals surface area (Å²) in [6.45, 7) is 9.14. The summed E-state index contributed by atoms with van der Waals surface area (Å²) in [5, 5.41) is 12.7. The van der Waals surface area contributed by atoms with Crippen LogP contribution in [0.4, 0.5) is 5.00 Å². The highest BCUT2D eigenvalue weighted by atomic mass is 35.5. The van der Waals surface area contributed by atoms with Gasteiger partial charge in [0, 0.05) is 17.1 Å². The van der Waals surface area contributed by atoms with E-state index in [0.717, 1.165) is 23.1 Å². The van der Waals surface area contributed by atoms with E-state index >= 15 is 0 Å². The van der Waals surface area contributed by atoms with E-state index in [2.05, 4.69) is 22.1 Å². The van der Waals surface area contributed by atoms with E-state index in [1.807, 2.05) is 0 Å². The van der Waals surface area contributed by atoms with E-state index in [1.165, 1.54) is 0 Å². The zero-order chi connectivity index (χ0) is 26.6. The first-order valence-corrected chi connectivity index (χ1v) is 13.2. The maximum Gasteiger partial charge on any atom is 0.341 e.